The van der Waals surface area contributed by atoms with Crippen molar-refractivity contribution < 1.29 is 22.7 Å². The maximum Gasteiger partial charge on any atom is 0.258 e. The number of morpholine rings is 1. The quantitative estimate of drug-likeness (QED) is 0.402. The van der Waals surface area contributed by atoms with Gasteiger partial charge in [0.25, 0.3) is 5.91 Å². The standard InChI is InChI=1S/C27H29F3N6O2/c1-15-10-20(28)19(26(37)33-21-13-31-36(24(21)30)27(3,4)5)12-18(15)17-11-22(34-6-8-38-9-7-34)25-32-16(2)23(29)35(25)14-17/h10-14H,6-9H2,1-5H3,(H,33,37). The zero-order chi connectivity index (χ0) is 27.4. The largest absolute Gasteiger partial charge is 0.378 e. The van der Waals surface area contributed by atoms with E-state index in [4.69, 9.17) is 4.74 Å². The molecule has 3 aromatic heterocycles. The molecule has 8 nitrogen and oxygen atoms in total. The van der Waals surface area contributed by atoms with Crippen LogP contribution in [-0.2, 0) is 10.3 Å². The third-order valence-corrected chi connectivity index (χ3v) is 6.62. The van der Waals surface area contributed by atoms with Crippen LogP contribution in [0.4, 0.5) is 24.5 Å². The number of fused-ring (bicyclic) bond motifs is 1. The second kappa shape index (κ2) is 9.46. The van der Waals surface area contributed by atoms with Crippen LogP contribution in [0.15, 0.2) is 30.6 Å². The summed E-state index contributed by atoms with van der Waals surface area (Å²) < 4.78 is 52.9. The number of imidazole rings is 1. The molecule has 1 aliphatic rings. The third-order valence-electron chi connectivity index (χ3n) is 6.62. The van der Waals surface area contributed by atoms with E-state index in [1.807, 2.05) is 6.07 Å². The number of anilines is 2. The highest BCUT2D eigenvalue weighted by atomic mass is 19.1. The average molecular weight is 527 g/mol. The van der Waals surface area contributed by atoms with Crippen LogP contribution >= 0.6 is 0 Å². The van der Waals surface area contributed by atoms with Crippen LogP contribution in [0.25, 0.3) is 16.8 Å². The number of pyridine rings is 1. The first-order valence-electron chi connectivity index (χ1n) is 12.3. The summed E-state index contributed by atoms with van der Waals surface area (Å²) >= 11 is 0. The minimum absolute atomic E-state index is 0.154. The monoisotopic (exact) mass is 526 g/mol. The lowest BCUT2D eigenvalue weighted by molar-refractivity contribution is 0.102. The number of aromatic nitrogens is 4. The number of halogens is 3. The summed E-state index contributed by atoms with van der Waals surface area (Å²) in [6, 6.07) is 4.51. The van der Waals surface area contributed by atoms with Crippen molar-refractivity contribution in [3.63, 3.8) is 0 Å². The van der Waals surface area contributed by atoms with Crippen LogP contribution in [0.5, 0.6) is 0 Å². The molecule has 1 amide bonds. The van der Waals surface area contributed by atoms with Gasteiger partial charge in [-0.05, 0) is 63.9 Å². The molecule has 0 unspecified atom stereocenters. The summed E-state index contributed by atoms with van der Waals surface area (Å²) in [6.07, 6.45) is 2.78. The maximum atomic E-state index is 15.0. The van der Waals surface area contributed by atoms with E-state index in [2.05, 4.69) is 20.3 Å². The second-order valence-electron chi connectivity index (χ2n) is 10.4. The molecule has 1 fully saturated rings. The lowest BCUT2D eigenvalue weighted by atomic mass is 9.98. The molecule has 0 spiro atoms. The van der Waals surface area contributed by atoms with Crippen molar-refractivity contribution >= 4 is 22.9 Å². The molecule has 11 heteroatoms. The highest BCUT2D eigenvalue weighted by molar-refractivity contribution is 6.05. The Morgan fingerprint density at radius 2 is 1.76 bits per heavy atom. The molecule has 0 bridgehead atoms. The Hall–Kier alpha value is -3.86. The minimum Gasteiger partial charge on any atom is -0.378 e. The summed E-state index contributed by atoms with van der Waals surface area (Å²) in [5.41, 5.74) is 2.02. The van der Waals surface area contributed by atoms with Gasteiger partial charge in [0.1, 0.15) is 11.5 Å². The van der Waals surface area contributed by atoms with Crippen molar-refractivity contribution in [2.24, 2.45) is 0 Å². The normalized spacial score (nSPS) is 14.4. The molecule has 5 rings (SSSR count). The Labute approximate surface area is 218 Å². The molecule has 1 aromatic carbocycles. The van der Waals surface area contributed by atoms with Gasteiger partial charge in [-0.2, -0.15) is 13.9 Å². The van der Waals surface area contributed by atoms with E-state index in [9.17, 15) is 9.18 Å². The van der Waals surface area contributed by atoms with Crippen LogP contribution in [-0.4, -0.2) is 51.4 Å². The maximum absolute atomic E-state index is 15.0. The third kappa shape index (κ3) is 4.51. The van der Waals surface area contributed by atoms with Crippen LogP contribution in [0, 0.1) is 31.6 Å². The molecule has 1 N–H and O–H groups in total. The molecule has 1 aliphatic heterocycles. The first-order chi connectivity index (χ1) is 18.0. The molecule has 4 heterocycles. The minimum atomic E-state index is -0.824. The fraction of sp³-hybridized carbons (Fsp3) is 0.370. The van der Waals surface area contributed by atoms with E-state index >= 15 is 8.78 Å². The fourth-order valence-corrected chi connectivity index (χ4v) is 4.63. The van der Waals surface area contributed by atoms with Crippen molar-refractivity contribution in [1.29, 1.82) is 0 Å². The number of hydrogen-bond acceptors (Lipinski definition) is 5. The molecule has 200 valence electrons. The smallest absolute Gasteiger partial charge is 0.258 e. The molecule has 0 saturated carbocycles. The van der Waals surface area contributed by atoms with Crippen LogP contribution in [0.3, 0.4) is 0 Å². The summed E-state index contributed by atoms with van der Waals surface area (Å²) in [5, 5.41) is 6.43. The number of hydrogen-bond donors (Lipinski definition) is 1. The van der Waals surface area contributed by atoms with Gasteiger partial charge in [-0.15, -0.1) is 0 Å². The Morgan fingerprint density at radius 1 is 1.05 bits per heavy atom. The zero-order valence-corrected chi connectivity index (χ0v) is 21.9. The molecular formula is C27H29F3N6O2. The summed E-state index contributed by atoms with van der Waals surface area (Å²) in [6.45, 7) is 10.9. The van der Waals surface area contributed by atoms with Gasteiger partial charge in [0, 0.05) is 24.8 Å². The summed E-state index contributed by atoms with van der Waals surface area (Å²) in [5.74, 6) is -2.81. The van der Waals surface area contributed by atoms with Gasteiger partial charge in [-0.25, -0.2) is 14.1 Å². The number of nitrogens with zero attached hydrogens (tertiary/aromatic N) is 5. The van der Waals surface area contributed by atoms with Crippen LogP contribution in [0.2, 0.25) is 0 Å². The van der Waals surface area contributed by atoms with Gasteiger partial charge in [-0.3, -0.25) is 9.20 Å². The first kappa shape index (κ1) is 25.8. The Bertz CT molecular complexity index is 1550. The van der Waals surface area contributed by atoms with Gasteiger partial charge in [0.15, 0.2) is 5.65 Å². The Morgan fingerprint density at radius 3 is 2.42 bits per heavy atom. The van der Waals surface area contributed by atoms with E-state index in [1.165, 1.54) is 22.7 Å². The number of rotatable bonds is 4. The lowest BCUT2D eigenvalue weighted by Gasteiger charge is -2.29. The lowest BCUT2D eigenvalue weighted by Crippen LogP contribution is -2.36. The number of amides is 1. The van der Waals surface area contributed by atoms with E-state index in [-0.39, 0.29) is 16.9 Å². The van der Waals surface area contributed by atoms with Gasteiger partial charge in [-0.1, -0.05) is 0 Å². The SMILES string of the molecule is Cc1cc(F)c(C(=O)Nc2cnn(C(C)(C)C)c2F)cc1-c1cc(N2CCOCC2)c2nc(C)c(F)n2c1. The summed E-state index contributed by atoms with van der Waals surface area (Å²) in [7, 11) is 0. The second-order valence-corrected chi connectivity index (χ2v) is 10.4. The van der Waals surface area contributed by atoms with E-state index in [0.717, 1.165) is 4.68 Å². The predicted molar refractivity (Wildman–Crippen MR) is 138 cm³/mol. The zero-order valence-electron chi connectivity index (χ0n) is 21.9. The number of ether oxygens (including phenoxy) is 1. The Kier molecular flexibility index (Phi) is 6.42. The molecule has 1 saturated heterocycles. The molecule has 4 aromatic rings. The van der Waals surface area contributed by atoms with E-state index in [1.54, 1.807) is 40.8 Å². The summed E-state index contributed by atoms with van der Waals surface area (Å²) in [4.78, 5) is 19.6. The molecule has 0 radical (unpaired) electrons. The van der Waals surface area contributed by atoms with Gasteiger partial charge in [0.2, 0.25) is 11.9 Å². The number of nitrogens with one attached hydrogen (secondary N) is 1. The molecular weight excluding hydrogens is 497 g/mol. The number of carbonyl (C=O) groups excluding carboxylic acids is 1. The van der Waals surface area contributed by atoms with Crippen molar-refractivity contribution in [1.82, 2.24) is 19.2 Å². The van der Waals surface area contributed by atoms with Crippen molar-refractivity contribution in [2.75, 3.05) is 36.5 Å². The van der Waals surface area contributed by atoms with Crippen molar-refractivity contribution in [3.05, 3.63) is 65.1 Å². The number of carbonyl (C=O) groups is 1. The predicted octanol–water partition coefficient (Wildman–Crippen LogP) is 5.08. The van der Waals surface area contributed by atoms with Crippen LogP contribution in [0.1, 0.15) is 42.4 Å². The molecule has 38 heavy (non-hydrogen) atoms. The van der Waals surface area contributed by atoms with E-state index < -0.39 is 29.2 Å². The van der Waals surface area contributed by atoms with Crippen molar-refractivity contribution in [2.45, 2.75) is 40.2 Å². The molecule has 0 atom stereocenters. The first-order valence-corrected chi connectivity index (χ1v) is 12.3. The Balaban J connectivity index is 1.58. The number of benzene rings is 1. The van der Waals surface area contributed by atoms with Gasteiger partial charge < -0.3 is 15.0 Å². The van der Waals surface area contributed by atoms with E-state index in [0.29, 0.717) is 54.3 Å². The van der Waals surface area contributed by atoms with Crippen molar-refractivity contribution in [3.8, 4) is 11.1 Å². The van der Waals surface area contributed by atoms with Crippen LogP contribution < -0.4 is 10.2 Å². The topological polar surface area (TPSA) is 76.7 Å². The highest BCUT2D eigenvalue weighted by Crippen LogP contribution is 2.33. The number of aryl methyl sites for hydroxylation is 2. The fourth-order valence-electron chi connectivity index (χ4n) is 4.63. The average Bonchev–Trinajstić information content (AvgIpc) is 3.37. The molecule has 0 aliphatic carbocycles. The van der Waals surface area contributed by atoms with Gasteiger partial charge >= 0.3 is 0 Å². The van der Waals surface area contributed by atoms with Gasteiger partial charge in [0.05, 0.1) is 41.9 Å². The highest BCUT2D eigenvalue weighted by Gasteiger charge is 2.25.